The standard InChI is InChI=1S/C28H33N3O5/c1-17-15-24(35-18(17)2)26(32)30-16-19-9-11-20(12-10-19)22-13-14-23(36-22)27(33)31-25(28(34)29-3)21-7-5-4-6-8-21/h9-15,21,25H,4-8,16H2,1-3H3,(H,29,34)(H,30,32)(H,31,33). The van der Waals surface area contributed by atoms with Gasteiger partial charge < -0.3 is 24.8 Å². The fourth-order valence-corrected chi connectivity index (χ4v) is 4.59. The van der Waals surface area contributed by atoms with Crippen LogP contribution in [0.3, 0.4) is 0 Å². The summed E-state index contributed by atoms with van der Waals surface area (Å²) in [5.41, 5.74) is 2.66. The predicted molar refractivity (Wildman–Crippen MR) is 135 cm³/mol. The number of likely N-dealkylation sites (N-methyl/N-ethyl adjacent to an activating group) is 1. The quantitative estimate of drug-likeness (QED) is 0.429. The van der Waals surface area contributed by atoms with Gasteiger partial charge in [-0.05, 0) is 61.9 Å². The summed E-state index contributed by atoms with van der Waals surface area (Å²) in [6.07, 6.45) is 5.16. The van der Waals surface area contributed by atoms with Crippen LogP contribution in [0.4, 0.5) is 0 Å². The second-order valence-electron chi connectivity index (χ2n) is 9.36. The molecule has 0 spiro atoms. The predicted octanol–water partition coefficient (Wildman–Crippen LogP) is 4.51. The molecule has 3 aromatic rings. The summed E-state index contributed by atoms with van der Waals surface area (Å²) in [5, 5.41) is 8.40. The molecule has 4 rings (SSSR count). The van der Waals surface area contributed by atoms with Crippen molar-refractivity contribution >= 4 is 17.7 Å². The lowest BCUT2D eigenvalue weighted by Crippen LogP contribution is -2.50. The van der Waals surface area contributed by atoms with Crippen LogP contribution in [0.25, 0.3) is 11.3 Å². The zero-order valence-corrected chi connectivity index (χ0v) is 21.0. The van der Waals surface area contributed by atoms with E-state index in [9.17, 15) is 14.4 Å². The molecule has 3 N–H and O–H groups in total. The minimum atomic E-state index is -0.570. The highest BCUT2D eigenvalue weighted by Crippen LogP contribution is 2.27. The molecule has 0 radical (unpaired) electrons. The third-order valence-electron chi connectivity index (χ3n) is 6.85. The summed E-state index contributed by atoms with van der Waals surface area (Å²) in [7, 11) is 1.59. The first-order valence-corrected chi connectivity index (χ1v) is 12.4. The minimum absolute atomic E-state index is 0.131. The SMILES string of the molecule is CNC(=O)C(NC(=O)c1ccc(-c2ccc(CNC(=O)c3cc(C)c(C)o3)cc2)o1)C1CCCCC1. The number of carbonyl (C=O) groups is 3. The highest BCUT2D eigenvalue weighted by atomic mass is 16.4. The molecule has 8 heteroatoms. The topological polar surface area (TPSA) is 114 Å². The fourth-order valence-electron chi connectivity index (χ4n) is 4.59. The Bertz CT molecular complexity index is 1200. The number of aryl methyl sites for hydroxylation is 2. The zero-order valence-electron chi connectivity index (χ0n) is 21.0. The number of furan rings is 2. The Labute approximate surface area is 210 Å². The number of amides is 3. The third kappa shape index (κ3) is 5.87. The van der Waals surface area contributed by atoms with Gasteiger partial charge in [0.05, 0.1) is 0 Å². The Balaban J connectivity index is 1.36. The highest BCUT2D eigenvalue weighted by Gasteiger charge is 2.31. The summed E-state index contributed by atoms with van der Waals surface area (Å²) in [5.74, 6) is 1.03. The molecule has 8 nitrogen and oxygen atoms in total. The van der Waals surface area contributed by atoms with Crippen LogP contribution >= 0.6 is 0 Å². The highest BCUT2D eigenvalue weighted by molar-refractivity contribution is 5.96. The molecule has 0 bridgehead atoms. The normalized spacial score (nSPS) is 14.8. The maximum Gasteiger partial charge on any atom is 0.287 e. The monoisotopic (exact) mass is 491 g/mol. The van der Waals surface area contributed by atoms with E-state index in [1.165, 1.54) is 6.42 Å². The van der Waals surface area contributed by atoms with Crippen LogP contribution in [-0.2, 0) is 11.3 Å². The van der Waals surface area contributed by atoms with Crippen LogP contribution < -0.4 is 16.0 Å². The van der Waals surface area contributed by atoms with E-state index < -0.39 is 11.9 Å². The lowest BCUT2D eigenvalue weighted by molar-refractivity contribution is -0.124. The number of nitrogens with one attached hydrogen (secondary N) is 3. The van der Waals surface area contributed by atoms with Gasteiger partial charge in [0, 0.05) is 19.2 Å². The summed E-state index contributed by atoms with van der Waals surface area (Å²) >= 11 is 0. The van der Waals surface area contributed by atoms with Crippen molar-refractivity contribution in [2.45, 2.75) is 58.5 Å². The van der Waals surface area contributed by atoms with Crippen molar-refractivity contribution in [1.82, 2.24) is 16.0 Å². The van der Waals surface area contributed by atoms with E-state index in [0.29, 0.717) is 18.1 Å². The van der Waals surface area contributed by atoms with Crippen LogP contribution in [0.5, 0.6) is 0 Å². The first-order valence-electron chi connectivity index (χ1n) is 12.4. The molecule has 1 aliphatic rings. The van der Waals surface area contributed by atoms with Gasteiger partial charge in [0.2, 0.25) is 5.91 Å². The average Bonchev–Trinajstić information content (AvgIpc) is 3.53. The summed E-state index contributed by atoms with van der Waals surface area (Å²) in [6, 6.07) is 12.0. The molecule has 1 aliphatic carbocycles. The molecular formula is C28H33N3O5. The Kier molecular flexibility index (Phi) is 7.93. The zero-order chi connectivity index (χ0) is 25.7. The van der Waals surface area contributed by atoms with Crippen molar-refractivity contribution in [2.75, 3.05) is 7.05 Å². The maximum atomic E-state index is 12.9. The molecule has 1 unspecified atom stereocenters. The van der Waals surface area contributed by atoms with Gasteiger partial charge in [0.15, 0.2) is 11.5 Å². The van der Waals surface area contributed by atoms with Gasteiger partial charge in [0.1, 0.15) is 17.6 Å². The molecule has 1 fully saturated rings. The fraction of sp³-hybridized carbons (Fsp3) is 0.393. The van der Waals surface area contributed by atoms with E-state index in [0.717, 1.165) is 48.1 Å². The smallest absolute Gasteiger partial charge is 0.287 e. The van der Waals surface area contributed by atoms with Crippen molar-refractivity contribution in [3.8, 4) is 11.3 Å². The lowest BCUT2D eigenvalue weighted by atomic mass is 9.83. The molecule has 0 saturated heterocycles. The molecule has 1 saturated carbocycles. The van der Waals surface area contributed by atoms with E-state index in [2.05, 4.69) is 16.0 Å². The van der Waals surface area contributed by atoms with Crippen LogP contribution in [0.15, 0.2) is 51.3 Å². The molecule has 1 atom stereocenters. The van der Waals surface area contributed by atoms with Crippen LogP contribution in [0.1, 0.15) is 70.1 Å². The number of carbonyl (C=O) groups excluding carboxylic acids is 3. The minimum Gasteiger partial charge on any atom is -0.456 e. The third-order valence-corrected chi connectivity index (χ3v) is 6.85. The Morgan fingerprint density at radius 1 is 0.917 bits per heavy atom. The van der Waals surface area contributed by atoms with Crippen molar-refractivity contribution in [1.29, 1.82) is 0 Å². The van der Waals surface area contributed by atoms with Crippen LogP contribution in [-0.4, -0.2) is 30.8 Å². The Morgan fingerprint density at radius 2 is 1.64 bits per heavy atom. The second-order valence-corrected chi connectivity index (χ2v) is 9.36. The number of hydrogen-bond donors (Lipinski definition) is 3. The van der Waals surface area contributed by atoms with Gasteiger partial charge in [-0.25, -0.2) is 0 Å². The Morgan fingerprint density at radius 3 is 2.28 bits per heavy atom. The molecule has 190 valence electrons. The first-order chi connectivity index (χ1) is 17.4. The summed E-state index contributed by atoms with van der Waals surface area (Å²) in [6.45, 7) is 4.08. The van der Waals surface area contributed by atoms with E-state index >= 15 is 0 Å². The van der Waals surface area contributed by atoms with Crippen molar-refractivity contribution in [3.63, 3.8) is 0 Å². The van der Waals surface area contributed by atoms with E-state index in [1.54, 1.807) is 25.2 Å². The maximum absolute atomic E-state index is 12.9. The molecule has 2 aromatic heterocycles. The van der Waals surface area contributed by atoms with Crippen LogP contribution in [0.2, 0.25) is 0 Å². The lowest BCUT2D eigenvalue weighted by Gasteiger charge is -2.29. The van der Waals surface area contributed by atoms with Gasteiger partial charge in [-0.2, -0.15) is 0 Å². The van der Waals surface area contributed by atoms with Crippen molar-refractivity contribution in [2.24, 2.45) is 5.92 Å². The van der Waals surface area contributed by atoms with Crippen molar-refractivity contribution < 1.29 is 23.2 Å². The number of rotatable bonds is 8. The molecule has 2 heterocycles. The van der Waals surface area contributed by atoms with E-state index in [-0.39, 0.29) is 23.5 Å². The largest absolute Gasteiger partial charge is 0.456 e. The van der Waals surface area contributed by atoms with Gasteiger partial charge >= 0.3 is 0 Å². The van der Waals surface area contributed by atoms with Crippen LogP contribution in [0, 0.1) is 19.8 Å². The molecule has 1 aromatic carbocycles. The van der Waals surface area contributed by atoms with Gasteiger partial charge in [-0.1, -0.05) is 43.5 Å². The summed E-state index contributed by atoms with van der Waals surface area (Å²) < 4.78 is 11.3. The summed E-state index contributed by atoms with van der Waals surface area (Å²) in [4.78, 5) is 37.6. The van der Waals surface area contributed by atoms with Crippen molar-refractivity contribution in [3.05, 3.63) is 70.9 Å². The van der Waals surface area contributed by atoms with Gasteiger partial charge in [0.25, 0.3) is 11.8 Å². The van der Waals surface area contributed by atoms with E-state index in [4.69, 9.17) is 8.83 Å². The molecule has 0 aliphatic heterocycles. The average molecular weight is 492 g/mol. The molecular weight excluding hydrogens is 458 g/mol. The molecule has 36 heavy (non-hydrogen) atoms. The van der Waals surface area contributed by atoms with Gasteiger partial charge in [-0.15, -0.1) is 0 Å². The van der Waals surface area contributed by atoms with E-state index in [1.807, 2.05) is 38.1 Å². The first kappa shape index (κ1) is 25.3. The number of benzene rings is 1. The number of hydrogen-bond acceptors (Lipinski definition) is 5. The second kappa shape index (κ2) is 11.3. The van der Waals surface area contributed by atoms with Gasteiger partial charge in [-0.3, -0.25) is 14.4 Å². The Hall–Kier alpha value is -3.81. The molecule has 3 amide bonds.